The highest BCUT2D eigenvalue weighted by molar-refractivity contribution is 6.31. The maximum absolute atomic E-state index is 13.8. The highest BCUT2D eigenvalue weighted by atomic mass is 35.5. The largest absolute Gasteiger partial charge is 0.375 e. The smallest absolute Gasteiger partial charge is 0.264 e. The van der Waals surface area contributed by atoms with E-state index in [-0.39, 0.29) is 17.6 Å². The van der Waals surface area contributed by atoms with E-state index in [2.05, 4.69) is 0 Å². The van der Waals surface area contributed by atoms with Gasteiger partial charge in [-0.25, -0.2) is 0 Å². The Morgan fingerprint density at radius 2 is 1.62 bits per heavy atom. The van der Waals surface area contributed by atoms with Crippen LogP contribution in [0.1, 0.15) is 56.1 Å². The number of carbonyl (C=O) groups is 2. The van der Waals surface area contributed by atoms with Gasteiger partial charge in [-0.15, -0.1) is 0 Å². The first-order valence-corrected chi connectivity index (χ1v) is 12.2. The number of fused-ring (bicyclic) bond motifs is 1. The number of hydrogen-bond acceptors (Lipinski definition) is 3. The summed E-state index contributed by atoms with van der Waals surface area (Å²) in [6.45, 7) is 0.349. The monoisotopic (exact) mass is 449 g/mol. The van der Waals surface area contributed by atoms with Gasteiger partial charge in [-0.2, -0.15) is 0 Å². The van der Waals surface area contributed by atoms with Gasteiger partial charge in [0, 0.05) is 22.4 Å². The summed E-state index contributed by atoms with van der Waals surface area (Å²) in [5, 5.41) is 12.2. The summed E-state index contributed by atoms with van der Waals surface area (Å²) in [4.78, 5) is 29.0. The summed E-state index contributed by atoms with van der Waals surface area (Å²) < 4.78 is 0. The minimum absolute atomic E-state index is 0.0694. The predicted octanol–water partition coefficient (Wildman–Crippen LogP) is 5.25. The van der Waals surface area contributed by atoms with Crippen LogP contribution in [0, 0.1) is 23.2 Å². The number of carbonyl (C=O) groups excluding carboxylic acids is 2. The SMILES string of the molecule is O=C(CC1(O)C(=O)N(Cc2ccccc2)c2ccc(Cl)cc21)C12CC3CC(CC(C3)C1)C2. The molecule has 0 saturated heterocycles. The number of halogens is 1. The van der Waals surface area contributed by atoms with Crippen LogP contribution in [-0.4, -0.2) is 16.8 Å². The Kier molecular flexibility index (Phi) is 4.58. The van der Waals surface area contributed by atoms with Crippen molar-refractivity contribution < 1.29 is 14.7 Å². The fourth-order valence-corrected chi connectivity index (χ4v) is 7.66. The van der Waals surface area contributed by atoms with E-state index in [0.29, 0.717) is 40.6 Å². The number of hydrogen-bond donors (Lipinski definition) is 1. The topological polar surface area (TPSA) is 57.6 Å². The van der Waals surface area contributed by atoms with Gasteiger partial charge in [0.15, 0.2) is 5.60 Å². The Hall–Kier alpha value is -2.17. The molecule has 4 nitrogen and oxygen atoms in total. The molecule has 1 N–H and O–H groups in total. The molecule has 4 saturated carbocycles. The molecule has 5 aliphatic rings. The normalized spacial score (nSPS) is 34.8. The fraction of sp³-hybridized carbons (Fsp3) is 0.481. The first-order chi connectivity index (χ1) is 15.4. The first-order valence-electron chi connectivity index (χ1n) is 11.8. The second kappa shape index (κ2) is 7.16. The molecular formula is C27H28ClNO3. The van der Waals surface area contributed by atoms with Gasteiger partial charge < -0.3 is 10.0 Å². The highest BCUT2D eigenvalue weighted by Gasteiger charge is 2.58. The quantitative estimate of drug-likeness (QED) is 0.678. The molecule has 0 spiro atoms. The maximum Gasteiger partial charge on any atom is 0.264 e. The summed E-state index contributed by atoms with van der Waals surface area (Å²) in [6.07, 6.45) is 6.38. The van der Waals surface area contributed by atoms with Gasteiger partial charge in [-0.05, 0) is 80.0 Å². The number of aliphatic hydroxyl groups is 1. The average Bonchev–Trinajstić information content (AvgIpc) is 2.95. The molecule has 1 heterocycles. The zero-order chi connectivity index (χ0) is 22.1. The van der Waals surface area contributed by atoms with E-state index >= 15 is 0 Å². The second-order valence-electron chi connectivity index (χ2n) is 10.7. The van der Waals surface area contributed by atoms with Crippen LogP contribution in [0.25, 0.3) is 0 Å². The van der Waals surface area contributed by atoms with E-state index in [4.69, 9.17) is 11.6 Å². The van der Waals surface area contributed by atoms with E-state index in [1.165, 1.54) is 19.3 Å². The van der Waals surface area contributed by atoms with Crippen molar-refractivity contribution >= 4 is 29.0 Å². The van der Waals surface area contributed by atoms with Crippen LogP contribution in [0.3, 0.4) is 0 Å². The van der Waals surface area contributed by atoms with Crippen LogP contribution in [0.4, 0.5) is 5.69 Å². The van der Waals surface area contributed by atoms with E-state index in [1.807, 2.05) is 30.3 Å². The molecule has 1 amide bonds. The predicted molar refractivity (Wildman–Crippen MR) is 123 cm³/mol. The van der Waals surface area contributed by atoms with E-state index in [1.54, 1.807) is 23.1 Å². The second-order valence-corrected chi connectivity index (χ2v) is 11.1. The van der Waals surface area contributed by atoms with Gasteiger partial charge in [0.1, 0.15) is 5.78 Å². The fourth-order valence-electron chi connectivity index (χ4n) is 7.49. The average molecular weight is 450 g/mol. The number of anilines is 1. The number of rotatable bonds is 5. The molecule has 2 aromatic carbocycles. The van der Waals surface area contributed by atoms with Gasteiger partial charge in [0.05, 0.1) is 12.2 Å². The Balaban J connectivity index is 1.34. The minimum Gasteiger partial charge on any atom is -0.375 e. The number of nitrogens with zero attached hydrogens (tertiary/aromatic N) is 1. The van der Waals surface area contributed by atoms with Crippen molar-refractivity contribution in [1.29, 1.82) is 0 Å². The number of Topliss-reactive ketones (excluding diaryl/α,β-unsaturated/α-hetero) is 1. The highest BCUT2D eigenvalue weighted by Crippen LogP contribution is 2.61. The molecule has 0 aromatic heterocycles. The van der Waals surface area contributed by atoms with Crippen LogP contribution < -0.4 is 4.90 Å². The summed E-state index contributed by atoms with van der Waals surface area (Å²) in [7, 11) is 0. The number of ketones is 1. The lowest BCUT2D eigenvalue weighted by Gasteiger charge is -2.56. The first kappa shape index (κ1) is 20.4. The third-order valence-corrected chi connectivity index (χ3v) is 8.76. The number of benzene rings is 2. The van der Waals surface area contributed by atoms with Gasteiger partial charge in [0.2, 0.25) is 0 Å². The maximum atomic E-state index is 13.8. The molecule has 7 rings (SSSR count). The minimum atomic E-state index is -1.85. The lowest BCUT2D eigenvalue weighted by Crippen LogP contribution is -2.52. The van der Waals surface area contributed by atoms with Crippen LogP contribution in [0.2, 0.25) is 5.02 Å². The Morgan fingerprint density at radius 1 is 1.00 bits per heavy atom. The van der Waals surface area contributed by atoms with E-state index in [9.17, 15) is 14.7 Å². The summed E-state index contributed by atoms with van der Waals surface area (Å²) >= 11 is 6.27. The molecule has 166 valence electrons. The third kappa shape index (κ3) is 3.07. The van der Waals surface area contributed by atoms with Crippen molar-refractivity contribution in [2.75, 3.05) is 4.90 Å². The third-order valence-electron chi connectivity index (χ3n) is 8.52. The van der Waals surface area contributed by atoms with Gasteiger partial charge >= 0.3 is 0 Å². The molecule has 4 fully saturated rings. The molecule has 5 heteroatoms. The van der Waals surface area contributed by atoms with Crippen molar-refractivity contribution in [1.82, 2.24) is 0 Å². The van der Waals surface area contributed by atoms with Crippen LogP contribution in [0.15, 0.2) is 48.5 Å². The zero-order valence-corrected chi connectivity index (χ0v) is 18.9. The van der Waals surface area contributed by atoms with Gasteiger partial charge in [0.25, 0.3) is 5.91 Å². The molecule has 1 atom stereocenters. The molecule has 2 aromatic rings. The molecule has 4 bridgehead atoms. The van der Waals surface area contributed by atoms with Crippen molar-refractivity contribution in [3.8, 4) is 0 Å². The summed E-state index contributed by atoms with van der Waals surface area (Å²) in [6, 6.07) is 14.9. The number of amides is 1. The molecule has 4 aliphatic carbocycles. The van der Waals surface area contributed by atoms with Gasteiger partial charge in [-0.3, -0.25) is 9.59 Å². The van der Waals surface area contributed by atoms with E-state index in [0.717, 1.165) is 24.8 Å². The molecule has 0 radical (unpaired) electrons. The van der Waals surface area contributed by atoms with E-state index < -0.39 is 11.5 Å². The van der Waals surface area contributed by atoms with Gasteiger partial charge in [-0.1, -0.05) is 41.9 Å². The van der Waals surface area contributed by atoms with Crippen molar-refractivity contribution in [2.24, 2.45) is 23.2 Å². The van der Waals surface area contributed by atoms with Crippen LogP contribution >= 0.6 is 11.6 Å². The van der Waals surface area contributed by atoms with Crippen LogP contribution in [-0.2, 0) is 21.7 Å². The van der Waals surface area contributed by atoms with Crippen LogP contribution in [0.5, 0.6) is 0 Å². The molecule has 1 aliphatic heterocycles. The summed E-state index contributed by atoms with van der Waals surface area (Å²) in [5.41, 5.74) is -0.127. The van der Waals surface area contributed by atoms with Crippen molar-refractivity contribution in [3.05, 3.63) is 64.7 Å². The zero-order valence-electron chi connectivity index (χ0n) is 18.1. The lowest BCUT2D eigenvalue weighted by molar-refractivity contribution is -0.154. The van der Waals surface area contributed by atoms with Crippen molar-refractivity contribution in [2.45, 2.75) is 57.1 Å². The molecular weight excluding hydrogens is 422 g/mol. The Labute approximate surface area is 193 Å². The summed E-state index contributed by atoms with van der Waals surface area (Å²) in [5.74, 6) is 1.55. The standard InChI is InChI=1S/C27H28ClNO3/c28-21-6-7-23-22(11-21)27(32,25(31)29(23)16-17-4-2-1-3-5-17)15-24(30)26-12-18-8-19(13-26)10-20(9-18)14-26/h1-7,11,18-20,32H,8-10,12-16H2. The Morgan fingerprint density at radius 3 is 2.25 bits per heavy atom. The Bertz CT molecular complexity index is 1060. The molecule has 1 unspecified atom stereocenters. The lowest BCUT2D eigenvalue weighted by atomic mass is 9.48. The molecule has 32 heavy (non-hydrogen) atoms. The van der Waals surface area contributed by atoms with Crippen molar-refractivity contribution in [3.63, 3.8) is 0 Å².